The highest BCUT2D eigenvalue weighted by Gasteiger charge is 2.32. The number of nitrogens with two attached hydrogens (primary N) is 1. The number of nitrogens with one attached hydrogen (secondary N) is 1. The molecule has 6 heteroatoms. The van der Waals surface area contributed by atoms with E-state index >= 15 is 0 Å². The van der Waals surface area contributed by atoms with Crippen LogP contribution in [0.4, 0.5) is 0 Å². The van der Waals surface area contributed by atoms with Gasteiger partial charge < -0.3 is 5.73 Å². The second-order valence-corrected chi connectivity index (χ2v) is 8.28. The molecule has 0 aromatic carbocycles. The smallest absolute Gasteiger partial charge is 0.211 e. The van der Waals surface area contributed by atoms with E-state index in [1.165, 1.54) is 19.3 Å². The van der Waals surface area contributed by atoms with Crippen molar-refractivity contribution in [2.24, 2.45) is 5.73 Å². The van der Waals surface area contributed by atoms with Gasteiger partial charge in [-0.1, -0.05) is 19.3 Å². The van der Waals surface area contributed by atoms with Crippen LogP contribution < -0.4 is 10.5 Å². The Balaban J connectivity index is 2.41. The summed E-state index contributed by atoms with van der Waals surface area (Å²) in [4.78, 5) is 0. The highest BCUT2D eigenvalue weighted by atomic mass is 32.2. The first-order chi connectivity index (χ1) is 8.54. The van der Waals surface area contributed by atoms with E-state index < -0.39 is 10.0 Å². The minimum Gasteiger partial charge on any atom is -0.330 e. The predicted octanol–water partition coefficient (Wildman–Crippen LogP) is 1.71. The molecule has 0 aliphatic heterocycles. The summed E-state index contributed by atoms with van der Waals surface area (Å²) < 4.78 is 26.6. The molecule has 18 heavy (non-hydrogen) atoms. The monoisotopic (exact) mass is 294 g/mol. The Hall–Kier alpha value is 0.220. The van der Waals surface area contributed by atoms with Crippen LogP contribution in [0.2, 0.25) is 0 Å². The average Bonchev–Trinajstić information content (AvgIpc) is 2.38. The van der Waals surface area contributed by atoms with Gasteiger partial charge in [-0.25, -0.2) is 13.1 Å². The molecular formula is C12H26N2O2S2. The van der Waals surface area contributed by atoms with E-state index in [0.29, 0.717) is 19.5 Å². The third-order valence-corrected chi connectivity index (χ3v) is 6.51. The first-order valence-corrected chi connectivity index (χ1v) is 9.64. The van der Waals surface area contributed by atoms with Gasteiger partial charge in [0.05, 0.1) is 5.75 Å². The second kappa shape index (κ2) is 7.72. The van der Waals surface area contributed by atoms with Crippen molar-refractivity contribution in [2.45, 2.75) is 49.7 Å². The van der Waals surface area contributed by atoms with Crippen LogP contribution in [0.3, 0.4) is 0 Å². The maximum absolute atomic E-state index is 11.8. The van der Waals surface area contributed by atoms with Gasteiger partial charge in [0.25, 0.3) is 0 Å². The summed E-state index contributed by atoms with van der Waals surface area (Å²) in [6, 6.07) is 0. The zero-order valence-electron chi connectivity index (χ0n) is 11.3. The lowest BCUT2D eigenvalue weighted by Gasteiger charge is -2.35. The summed E-state index contributed by atoms with van der Waals surface area (Å²) >= 11 is 1.82. The van der Waals surface area contributed by atoms with Crippen molar-refractivity contribution in [2.75, 3.05) is 25.1 Å². The first-order valence-electron chi connectivity index (χ1n) is 6.76. The third-order valence-electron chi connectivity index (χ3n) is 3.68. The molecule has 0 saturated heterocycles. The normalized spacial score (nSPS) is 19.9. The molecule has 1 rings (SSSR count). The Morgan fingerprint density at radius 3 is 2.44 bits per heavy atom. The van der Waals surface area contributed by atoms with Gasteiger partial charge in [-0.05, 0) is 38.5 Å². The van der Waals surface area contributed by atoms with Crippen molar-refractivity contribution in [3.63, 3.8) is 0 Å². The largest absolute Gasteiger partial charge is 0.330 e. The molecule has 0 unspecified atom stereocenters. The van der Waals surface area contributed by atoms with Crippen molar-refractivity contribution < 1.29 is 8.42 Å². The van der Waals surface area contributed by atoms with Crippen LogP contribution in [0.5, 0.6) is 0 Å². The second-order valence-electron chi connectivity index (χ2n) is 5.08. The van der Waals surface area contributed by atoms with Crippen LogP contribution in [0.15, 0.2) is 0 Å². The molecule has 108 valence electrons. The lowest BCUT2D eigenvalue weighted by molar-refractivity contribution is 0.395. The van der Waals surface area contributed by atoms with Gasteiger partial charge in [0.1, 0.15) is 0 Å². The van der Waals surface area contributed by atoms with Crippen molar-refractivity contribution in [1.82, 2.24) is 4.72 Å². The average molecular weight is 294 g/mol. The van der Waals surface area contributed by atoms with Crippen LogP contribution in [-0.2, 0) is 10.0 Å². The number of hydrogen-bond acceptors (Lipinski definition) is 4. The Labute approximate surface area is 116 Å². The van der Waals surface area contributed by atoms with E-state index in [4.69, 9.17) is 5.73 Å². The van der Waals surface area contributed by atoms with Gasteiger partial charge in [-0.3, -0.25) is 0 Å². The quantitative estimate of drug-likeness (QED) is 0.669. The molecule has 0 aromatic rings. The molecule has 0 bridgehead atoms. The van der Waals surface area contributed by atoms with Crippen molar-refractivity contribution >= 4 is 21.8 Å². The zero-order chi connectivity index (χ0) is 13.5. The third kappa shape index (κ3) is 5.47. The molecule has 0 atom stereocenters. The lowest BCUT2D eigenvalue weighted by atomic mass is 9.88. The van der Waals surface area contributed by atoms with E-state index in [2.05, 4.69) is 11.0 Å². The van der Waals surface area contributed by atoms with Gasteiger partial charge in [-0.15, -0.1) is 0 Å². The molecule has 1 fully saturated rings. The predicted molar refractivity (Wildman–Crippen MR) is 79.4 cm³/mol. The van der Waals surface area contributed by atoms with E-state index in [1.54, 1.807) is 0 Å². The van der Waals surface area contributed by atoms with Gasteiger partial charge in [0, 0.05) is 11.3 Å². The van der Waals surface area contributed by atoms with Crippen molar-refractivity contribution in [3.05, 3.63) is 0 Å². The maximum atomic E-state index is 11.8. The number of sulfonamides is 1. The highest BCUT2D eigenvalue weighted by molar-refractivity contribution is 8.00. The summed E-state index contributed by atoms with van der Waals surface area (Å²) in [6.45, 7) is 1.14. The Morgan fingerprint density at radius 1 is 1.22 bits per heavy atom. The topological polar surface area (TPSA) is 72.2 Å². The van der Waals surface area contributed by atoms with Crippen LogP contribution in [0, 0.1) is 0 Å². The molecule has 1 aliphatic carbocycles. The van der Waals surface area contributed by atoms with E-state index in [0.717, 1.165) is 19.3 Å². The molecule has 1 saturated carbocycles. The fraction of sp³-hybridized carbons (Fsp3) is 1.00. The van der Waals surface area contributed by atoms with Gasteiger partial charge in [-0.2, -0.15) is 11.8 Å². The fourth-order valence-electron chi connectivity index (χ4n) is 2.40. The minimum absolute atomic E-state index is 0.124. The number of unbranched alkanes of at least 4 members (excludes halogenated alkanes) is 1. The van der Waals surface area contributed by atoms with Crippen LogP contribution in [0.25, 0.3) is 0 Å². The Kier molecular flexibility index (Phi) is 6.98. The van der Waals surface area contributed by atoms with E-state index in [-0.39, 0.29) is 10.5 Å². The lowest BCUT2D eigenvalue weighted by Crippen LogP contribution is -2.42. The molecule has 1 aliphatic rings. The zero-order valence-corrected chi connectivity index (χ0v) is 12.9. The van der Waals surface area contributed by atoms with Gasteiger partial charge in [0.2, 0.25) is 10.0 Å². The molecule has 0 amide bonds. The Bertz CT molecular complexity index is 325. The molecule has 3 N–H and O–H groups in total. The molecule has 0 heterocycles. The SMILES string of the molecule is CSC1(CNS(=O)(=O)CCCCN)CCCCC1. The summed E-state index contributed by atoms with van der Waals surface area (Å²) in [7, 11) is -3.12. The number of rotatable bonds is 8. The standard InChI is InChI=1S/C12H26N2O2S2/c1-17-12(7-3-2-4-8-12)11-14-18(15,16)10-6-5-9-13/h14H,2-11,13H2,1H3. The first kappa shape index (κ1) is 16.3. The van der Waals surface area contributed by atoms with E-state index in [1.807, 2.05) is 11.8 Å². The molecule has 4 nitrogen and oxygen atoms in total. The number of thioether (sulfide) groups is 1. The maximum Gasteiger partial charge on any atom is 0.211 e. The molecular weight excluding hydrogens is 268 g/mol. The summed E-state index contributed by atoms with van der Waals surface area (Å²) in [5.74, 6) is 0.203. The highest BCUT2D eigenvalue weighted by Crippen LogP contribution is 2.38. The van der Waals surface area contributed by atoms with Crippen molar-refractivity contribution in [1.29, 1.82) is 0 Å². The molecule has 0 aromatic heterocycles. The van der Waals surface area contributed by atoms with Crippen LogP contribution in [0.1, 0.15) is 44.9 Å². The molecule has 0 spiro atoms. The van der Waals surface area contributed by atoms with Crippen LogP contribution >= 0.6 is 11.8 Å². The summed E-state index contributed by atoms with van der Waals surface area (Å²) in [5, 5.41) is 0. The summed E-state index contributed by atoms with van der Waals surface area (Å²) in [5.41, 5.74) is 5.37. The van der Waals surface area contributed by atoms with Crippen LogP contribution in [-0.4, -0.2) is 38.3 Å². The fourth-order valence-corrected chi connectivity index (χ4v) is 4.63. The van der Waals surface area contributed by atoms with Gasteiger partial charge >= 0.3 is 0 Å². The van der Waals surface area contributed by atoms with Crippen molar-refractivity contribution in [3.8, 4) is 0 Å². The van der Waals surface area contributed by atoms with E-state index in [9.17, 15) is 8.42 Å². The minimum atomic E-state index is -3.12. The molecule has 0 radical (unpaired) electrons. The van der Waals surface area contributed by atoms with Gasteiger partial charge in [0.15, 0.2) is 0 Å². The number of hydrogen-bond donors (Lipinski definition) is 2. The Morgan fingerprint density at radius 2 is 1.89 bits per heavy atom. The summed E-state index contributed by atoms with van der Waals surface area (Å²) in [6.07, 6.45) is 9.48.